The molecular weight excluding hydrogens is 787 g/mol. The average Bonchev–Trinajstić information content (AvgIpc) is 3.87. The van der Waals surface area contributed by atoms with E-state index in [1.54, 1.807) is 24.9 Å². The first kappa shape index (κ1) is 44.2. The van der Waals surface area contributed by atoms with Crippen LogP contribution in [-0.2, 0) is 28.9 Å². The molecule has 4 atom stereocenters. The Bertz CT molecular complexity index is 2190. The maximum absolute atomic E-state index is 13.2. The first-order valence-electron chi connectivity index (χ1n) is 19.7. The van der Waals surface area contributed by atoms with Crippen LogP contribution in [0.1, 0.15) is 57.0 Å². The number of hydrogen-bond acceptors (Lipinski definition) is 12. The largest absolute Gasteiger partial charge is 0.497 e. The topological polar surface area (TPSA) is 161 Å². The number of aromatic amines is 1. The second-order valence-electron chi connectivity index (χ2n) is 14.5. The van der Waals surface area contributed by atoms with E-state index < -0.39 is 44.2 Å². The quantitative estimate of drug-likeness (QED) is 0.0441. The Kier molecular flexibility index (Phi) is 14.9. The van der Waals surface area contributed by atoms with Gasteiger partial charge in [-0.1, -0.05) is 73.3 Å². The minimum Gasteiger partial charge on any atom is -0.497 e. The van der Waals surface area contributed by atoms with E-state index in [-0.39, 0.29) is 49.0 Å². The minimum atomic E-state index is -1.63. The summed E-state index contributed by atoms with van der Waals surface area (Å²) in [4.78, 5) is 37.0. The van der Waals surface area contributed by atoms with Crippen molar-refractivity contribution < 1.29 is 37.5 Å². The molecule has 15 nitrogen and oxygen atoms in total. The lowest BCUT2D eigenvalue weighted by molar-refractivity contribution is -0.0911. The highest BCUT2D eigenvalue weighted by atomic mass is 31.2. The number of H-pyrrole nitrogens is 1. The number of carbonyl (C=O) groups excluding carboxylic acids is 1. The highest BCUT2D eigenvalue weighted by molar-refractivity contribution is 7.44. The highest BCUT2D eigenvalue weighted by Gasteiger charge is 2.45. The molecule has 0 saturated carbocycles. The second-order valence-corrected chi connectivity index (χ2v) is 15.9. The van der Waals surface area contributed by atoms with E-state index in [1.807, 2.05) is 78.9 Å². The fourth-order valence-electron chi connectivity index (χ4n) is 7.23. The number of aromatic nitrogens is 4. The fraction of sp³-hybridized carbons (Fsp3) is 0.364. The first-order chi connectivity index (χ1) is 29.0. The number of methoxy groups -OCH3 is 2. The van der Waals surface area contributed by atoms with Gasteiger partial charge in [0.05, 0.1) is 39.9 Å². The monoisotopic (exact) mass is 840 g/mol. The van der Waals surface area contributed by atoms with Gasteiger partial charge >= 0.3 is 6.09 Å². The summed E-state index contributed by atoms with van der Waals surface area (Å²) in [5, 5.41) is 2.47. The third-order valence-corrected chi connectivity index (χ3v) is 12.0. The van der Waals surface area contributed by atoms with Gasteiger partial charge in [-0.05, 0) is 68.7 Å². The molecule has 1 unspecified atom stereocenters. The van der Waals surface area contributed by atoms with Crippen molar-refractivity contribution >= 4 is 31.7 Å². The summed E-state index contributed by atoms with van der Waals surface area (Å²) >= 11 is 0. The van der Waals surface area contributed by atoms with Crippen molar-refractivity contribution in [3.8, 4) is 11.5 Å². The van der Waals surface area contributed by atoms with Crippen LogP contribution >= 0.6 is 8.53 Å². The van der Waals surface area contributed by atoms with E-state index in [9.17, 15) is 9.59 Å². The Morgan fingerprint density at radius 3 is 2.12 bits per heavy atom. The van der Waals surface area contributed by atoms with Gasteiger partial charge in [-0.2, -0.15) is 4.98 Å². The van der Waals surface area contributed by atoms with Crippen LogP contribution in [0.25, 0.3) is 11.2 Å². The van der Waals surface area contributed by atoms with E-state index in [0.717, 1.165) is 16.7 Å². The number of rotatable bonds is 20. The average molecular weight is 841 g/mol. The Balaban J connectivity index is 1.44. The molecule has 5 aromatic rings. The van der Waals surface area contributed by atoms with Crippen molar-refractivity contribution in [1.82, 2.24) is 24.2 Å². The van der Waals surface area contributed by atoms with E-state index >= 15 is 0 Å². The summed E-state index contributed by atoms with van der Waals surface area (Å²) < 4.78 is 47.6. The summed E-state index contributed by atoms with van der Waals surface area (Å²) in [6, 6.07) is 25.8. The fourth-order valence-corrected chi connectivity index (χ4v) is 8.98. The number of hydrogen-bond donors (Lipinski definition) is 2. The SMILES string of the molecule is C=CCOC(=O)Nc1nc2c(ncn2[C@H]2C[C@H](OP(OCC=C)N(C(C)C)C(C)C)[C@@H](COC(c3ccccc3)(c3ccc(OC)cc3)c3ccc(OC)cc3)O2)c(=O)[nH]1. The Labute approximate surface area is 351 Å². The lowest BCUT2D eigenvalue weighted by Gasteiger charge is -2.39. The molecule has 318 valence electrons. The number of fused-ring (bicyclic) bond motifs is 1. The molecule has 2 N–H and O–H groups in total. The number of ether oxygens (including phenoxy) is 5. The standard InChI is InChI=1S/C44H53N6O9P/c1-9-24-55-43(52)48-42-46-40-39(41(51)47-42)45-28-49(40)38-26-36(59-60(57-25-10-2)50(29(3)4)30(5)6)37(58-38)27-56-44(31-14-12-11-13-15-31,32-16-20-34(53-7)21-17-32)33-18-22-35(54-8)23-19-33/h9-23,28-30,36-38H,1-2,24-27H2,3-8H3,(H2,46,47,48,51,52)/t36-,37+,38+,60?/m0/s1. The highest BCUT2D eigenvalue weighted by Crippen LogP contribution is 2.51. The Hall–Kier alpha value is -5.41. The maximum atomic E-state index is 13.2. The molecule has 3 aromatic carbocycles. The van der Waals surface area contributed by atoms with Gasteiger partial charge in [-0.25, -0.2) is 14.4 Å². The predicted octanol–water partition coefficient (Wildman–Crippen LogP) is 8.10. The van der Waals surface area contributed by atoms with Gasteiger partial charge in [0.1, 0.15) is 36.0 Å². The summed E-state index contributed by atoms with van der Waals surface area (Å²) in [6.45, 7) is 16.1. The van der Waals surface area contributed by atoms with Gasteiger partial charge in [0.25, 0.3) is 14.1 Å². The van der Waals surface area contributed by atoms with E-state index in [2.05, 4.69) is 65.8 Å². The number of nitrogens with zero attached hydrogens (tertiary/aromatic N) is 4. The van der Waals surface area contributed by atoms with E-state index in [0.29, 0.717) is 17.9 Å². The number of anilines is 1. The zero-order valence-electron chi connectivity index (χ0n) is 34.8. The summed E-state index contributed by atoms with van der Waals surface area (Å²) in [5.74, 6) is 1.28. The van der Waals surface area contributed by atoms with Crippen molar-refractivity contribution in [2.24, 2.45) is 0 Å². The van der Waals surface area contributed by atoms with Gasteiger partial charge < -0.3 is 32.7 Å². The molecule has 1 aliphatic rings. The molecule has 60 heavy (non-hydrogen) atoms. The molecule has 6 rings (SSSR count). The normalized spacial score (nSPS) is 17.2. The molecular formula is C44H53N6O9P. The zero-order valence-corrected chi connectivity index (χ0v) is 35.7. The van der Waals surface area contributed by atoms with Crippen molar-refractivity contribution in [3.05, 3.63) is 138 Å². The number of benzene rings is 3. The van der Waals surface area contributed by atoms with Crippen molar-refractivity contribution in [2.45, 2.75) is 70.2 Å². The predicted molar refractivity (Wildman–Crippen MR) is 230 cm³/mol. The summed E-state index contributed by atoms with van der Waals surface area (Å²) in [5.41, 5.74) is 1.13. The van der Waals surface area contributed by atoms with Crippen LogP contribution in [0, 0.1) is 0 Å². The minimum absolute atomic E-state index is 0.0242. The molecule has 1 fully saturated rings. The number of carbonyl (C=O) groups is 1. The summed E-state index contributed by atoms with van der Waals surface area (Å²) in [7, 11) is 1.63. The summed E-state index contributed by atoms with van der Waals surface area (Å²) in [6.07, 6.45) is 2.13. The van der Waals surface area contributed by atoms with E-state index in [4.69, 9.17) is 32.7 Å². The Morgan fingerprint density at radius 2 is 1.55 bits per heavy atom. The van der Waals surface area contributed by atoms with Crippen molar-refractivity contribution in [3.63, 3.8) is 0 Å². The van der Waals surface area contributed by atoms with Gasteiger partial charge in [-0.15, -0.1) is 6.58 Å². The third-order valence-electron chi connectivity index (χ3n) is 9.89. The first-order valence-corrected chi connectivity index (χ1v) is 20.8. The molecule has 0 bridgehead atoms. The van der Waals surface area contributed by atoms with Gasteiger partial charge in [0.2, 0.25) is 5.95 Å². The molecule has 16 heteroatoms. The number of imidazole rings is 1. The Morgan fingerprint density at radius 1 is 0.950 bits per heavy atom. The van der Waals surface area contributed by atoms with Crippen LogP contribution in [0.4, 0.5) is 10.7 Å². The molecule has 3 heterocycles. The molecule has 2 aromatic heterocycles. The number of amides is 1. The van der Waals surface area contributed by atoms with Gasteiger partial charge in [0, 0.05) is 18.5 Å². The molecule has 1 saturated heterocycles. The van der Waals surface area contributed by atoms with Crippen LogP contribution < -0.4 is 20.3 Å². The van der Waals surface area contributed by atoms with Crippen LogP contribution in [0.2, 0.25) is 0 Å². The smallest absolute Gasteiger partial charge is 0.414 e. The molecule has 1 aliphatic heterocycles. The van der Waals surface area contributed by atoms with E-state index in [1.165, 1.54) is 12.4 Å². The third kappa shape index (κ3) is 9.79. The van der Waals surface area contributed by atoms with Crippen LogP contribution in [-0.4, -0.2) is 88.6 Å². The maximum Gasteiger partial charge on any atom is 0.414 e. The molecule has 0 radical (unpaired) electrons. The molecule has 1 amide bonds. The lowest BCUT2D eigenvalue weighted by atomic mass is 9.80. The molecule has 0 spiro atoms. The van der Waals surface area contributed by atoms with Gasteiger partial charge in [0.15, 0.2) is 11.2 Å². The van der Waals surface area contributed by atoms with Crippen LogP contribution in [0.15, 0.2) is 115 Å². The van der Waals surface area contributed by atoms with Crippen LogP contribution in [0.5, 0.6) is 11.5 Å². The van der Waals surface area contributed by atoms with Crippen molar-refractivity contribution in [2.75, 3.05) is 39.4 Å². The second kappa shape index (κ2) is 20.2. The van der Waals surface area contributed by atoms with Gasteiger partial charge in [-0.3, -0.25) is 19.7 Å². The lowest BCUT2D eigenvalue weighted by Crippen LogP contribution is -2.39. The zero-order chi connectivity index (χ0) is 42.8. The van der Waals surface area contributed by atoms with Crippen LogP contribution in [0.3, 0.4) is 0 Å². The number of nitrogens with one attached hydrogen (secondary N) is 2. The molecule has 0 aliphatic carbocycles. The van der Waals surface area contributed by atoms with Crippen molar-refractivity contribution in [1.29, 1.82) is 0 Å².